The molecule has 2 rings (SSSR count). The van der Waals surface area contributed by atoms with Crippen LogP contribution >= 0.6 is 0 Å². The number of carboxylic acids is 1. The second-order valence-corrected chi connectivity index (χ2v) is 4.86. The van der Waals surface area contributed by atoms with E-state index in [1.54, 1.807) is 16.7 Å². The second kappa shape index (κ2) is 6.76. The Balaban J connectivity index is 2.58. The second-order valence-electron chi connectivity index (χ2n) is 4.86. The monoisotopic (exact) mass is 299 g/mol. The third kappa shape index (κ3) is 3.09. The minimum absolute atomic E-state index is 0.344. The molecule has 114 valence electrons. The number of aliphatic carboxylic acids is 1. The molecule has 0 saturated heterocycles. The molecule has 0 aromatic carbocycles. The SMILES string of the molecule is CCCCOc1nc2c(C)cccn2c1/C=C(\C#N)C(=O)O. The molecule has 2 aromatic rings. The molecular formula is C16H17N3O3. The summed E-state index contributed by atoms with van der Waals surface area (Å²) in [6.45, 7) is 4.46. The average molecular weight is 299 g/mol. The maximum atomic E-state index is 11.1. The Morgan fingerprint density at radius 2 is 2.36 bits per heavy atom. The lowest BCUT2D eigenvalue weighted by Crippen LogP contribution is -2.01. The first kappa shape index (κ1) is 15.6. The van der Waals surface area contributed by atoms with Crippen LogP contribution in [0.15, 0.2) is 23.9 Å². The third-order valence-corrected chi connectivity index (χ3v) is 3.22. The number of fused-ring (bicyclic) bond motifs is 1. The summed E-state index contributed by atoms with van der Waals surface area (Å²) in [4.78, 5) is 15.5. The van der Waals surface area contributed by atoms with Gasteiger partial charge in [-0.1, -0.05) is 19.4 Å². The molecule has 0 aliphatic carbocycles. The number of nitrogens with zero attached hydrogens (tertiary/aromatic N) is 3. The van der Waals surface area contributed by atoms with Gasteiger partial charge in [0.05, 0.1) is 6.61 Å². The van der Waals surface area contributed by atoms with Crippen LogP contribution in [-0.2, 0) is 4.79 Å². The van der Waals surface area contributed by atoms with Crippen molar-refractivity contribution < 1.29 is 14.6 Å². The van der Waals surface area contributed by atoms with Crippen molar-refractivity contribution in [3.05, 3.63) is 35.2 Å². The van der Waals surface area contributed by atoms with Crippen molar-refractivity contribution in [3.8, 4) is 11.9 Å². The van der Waals surface area contributed by atoms with Crippen molar-refractivity contribution in [2.24, 2.45) is 0 Å². The molecule has 1 N–H and O–H groups in total. The van der Waals surface area contributed by atoms with Crippen LogP contribution in [0.1, 0.15) is 31.0 Å². The first-order valence-electron chi connectivity index (χ1n) is 7.04. The number of carboxylic acid groups (broad SMARTS) is 1. The van der Waals surface area contributed by atoms with Gasteiger partial charge in [0.1, 0.15) is 23.0 Å². The fourth-order valence-corrected chi connectivity index (χ4v) is 2.03. The van der Waals surface area contributed by atoms with Crippen LogP contribution in [-0.4, -0.2) is 27.1 Å². The van der Waals surface area contributed by atoms with Gasteiger partial charge in [-0.3, -0.25) is 4.40 Å². The largest absolute Gasteiger partial charge is 0.477 e. The van der Waals surface area contributed by atoms with Crippen LogP contribution < -0.4 is 4.74 Å². The van der Waals surface area contributed by atoms with Crippen molar-refractivity contribution >= 4 is 17.7 Å². The summed E-state index contributed by atoms with van der Waals surface area (Å²) >= 11 is 0. The summed E-state index contributed by atoms with van der Waals surface area (Å²) in [6.07, 6.45) is 4.92. The van der Waals surface area contributed by atoms with Crippen LogP contribution in [0.2, 0.25) is 0 Å². The molecule has 0 bridgehead atoms. The van der Waals surface area contributed by atoms with Crippen molar-refractivity contribution in [1.82, 2.24) is 9.38 Å². The quantitative estimate of drug-likeness (QED) is 0.503. The average Bonchev–Trinajstić information content (AvgIpc) is 2.84. The number of unbranched alkanes of at least 4 members (excludes halogenated alkanes) is 1. The minimum Gasteiger partial charge on any atom is -0.477 e. The van der Waals surface area contributed by atoms with Gasteiger partial charge in [0, 0.05) is 6.20 Å². The van der Waals surface area contributed by atoms with Gasteiger partial charge < -0.3 is 9.84 Å². The van der Waals surface area contributed by atoms with Crippen LogP contribution in [0, 0.1) is 18.3 Å². The normalized spacial score (nSPS) is 11.4. The van der Waals surface area contributed by atoms with Crippen LogP contribution in [0.4, 0.5) is 0 Å². The predicted octanol–water partition coefficient (Wildman–Crippen LogP) is 2.81. The maximum absolute atomic E-state index is 11.1. The van der Waals surface area contributed by atoms with Crippen LogP contribution in [0.25, 0.3) is 11.7 Å². The molecule has 6 nitrogen and oxygen atoms in total. The fraction of sp³-hybridized carbons (Fsp3) is 0.312. The Morgan fingerprint density at radius 1 is 1.59 bits per heavy atom. The molecule has 0 unspecified atom stereocenters. The number of imidazole rings is 1. The number of rotatable bonds is 6. The van der Waals surface area contributed by atoms with Gasteiger partial charge in [-0.25, -0.2) is 4.79 Å². The van der Waals surface area contributed by atoms with E-state index in [1.807, 2.05) is 19.1 Å². The van der Waals surface area contributed by atoms with Gasteiger partial charge in [0.15, 0.2) is 0 Å². The van der Waals surface area contributed by atoms with Crippen LogP contribution in [0.5, 0.6) is 5.88 Å². The molecule has 0 aliphatic rings. The molecule has 0 saturated carbocycles. The predicted molar refractivity (Wildman–Crippen MR) is 81.6 cm³/mol. The van der Waals surface area contributed by atoms with Gasteiger partial charge in [-0.05, 0) is 31.1 Å². The minimum atomic E-state index is -1.27. The molecule has 0 spiro atoms. The van der Waals surface area contributed by atoms with Gasteiger partial charge in [-0.2, -0.15) is 10.2 Å². The van der Waals surface area contributed by atoms with Gasteiger partial charge >= 0.3 is 5.97 Å². The lowest BCUT2D eigenvalue weighted by molar-refractivity contribution is -0.132. The van der Waals surface area contributed by atoms with Crippen molar-refractivity contribution in [2.75, 3.05) is 6.61 Å². The number of hydrogen-bond donors (Lipinski definition) is 1. The molecule has 0 fully saturated rings. The zero-order valence-corrected chi connectivity index (χ0v) is 12.5. The number of aromatic nitrogens is 2. The highest BCUT2D eigenvalue weighted by atomic mass is 16.5. The molecule has 0 atom stereocenters. The number of hydrogen-bond acceptors (Lipinski definition) is 4. The van der Waals surface area contributed by atoms with Crippen molar-refractivity contribution in [3.63, 3.8) is 0 Å². The number of aryl methyl sites for hydroxylation is 1. The van der Waals surface area contributed by atoms with E-state index in [9.17, 15) is 4.79 Å². The number of nitriles is 1. The molecular weight excluding hydrogens is 282 g/mol. The van der Waals surface area contributed by atoms with E-state index in [0.717, 1.165) is 18.4 Å². The third-order valence-electron chi connectivity index (χ3n) is 3.22. The summed E-state index contributed by atoms with van der Waals surface area (Å²) in [5, 5.41) is 18.0. The lowest BCUT2D eigenvalue weighted by atomic mass is 10.2. The maximum Gasteiger partial charge on any atom is 0.346 e. The highest BCUT2D eigenvalue weighted by molar-refractivity contribution is 5.96. The zero-order chi connectivity index (χ0) is 16.1. The van der Waals surface area contributed by atoms with Gasteiger partial charge in [0.2, 0.25) is 5.88 Å². The Bertz CT molecular complexity index is 769. The topological polar surface area (TPSA) is 87.6 Å². The first-order valence-corrected chi connectivity index (χ1v) is 7.04. The Hall–Kier alpha value is -2.81. The Labute approximate surface area is 128 Å². The molecule has 22 heavy (non-hydrogen) atoms. The Morgan fingerprint density at radius 3 is 3.00 bits per heavy atom. The van der Waals surface area contributed by atoms with Crippen LogP contribution in [0.3, 0.4) is 0 Å². The van der Waals surface area contributed by atoms with E-state index in [-0.39, 0.29) is 5.57 Å². The highest BCUT2D eigenvalue weighted by Crippen LogP contribution is 2.24. The zero-order valence-electron chi connectivity index (χ0n) is 12.5. The lowest BCUT2D eigenvalue weighted by Gasteiger charge is -2.03. The molecule has 2 aromatic heterocycles. The van der Waals surface area contributed by atoms with Gasteiger partial charge in [-0.15, -0.1) is 0 Å². The molecule has 0 aliphatic heterocycles. The summed E-state index contributed by atoms with van der Waals surface area (Å²) in [6, 6.07) is 5.43. The summed E-state index contributed by atoms with van der Waals surface area (Å²) in [7, 11) is 0. The van der Waals surface area contributed by atoms with Crippen molar-refractivity contribution in [2.45, 2.75) is 26.7 Å². The van der Waals surface area contributed by atoms with E-state index in [4.69, 9.17) is 15.1 Å². The number of pyridine rings is 1. The molecule has 2 heterocycles. The molecule has 6 heteroatoms. The molecule has 0 radical (unpaired) electrons. The van der Waals surface area contributed by atoms with E-state index < -0.39 is 5.97 Å². The fourth-order valence-electron chi connectivity index (χ4n) is 2.03. The molecule has 0 amide bonds. The number of ether oxygens (including phenoxy) is 1. The highest BCUT2D eigenvalue weighted by Gasteiger charge is 2.16. The summed E-state index contributed by atoms with van der Waals surface area (Å²) in [5.74, 6) is -0.929. The Kier molecular flexibility index (Phi) is 4.79. The van der Waals surface area contributed by atoms with E-state index in [1.165, 1.54) is 6.08 Å². The van der Waals surface area contributed by atoms with Gasteiger partial charge in [0.25, 0.3) is 0 Å². The summed E-state index contributed by atoms with van der Waals surface area (Å²) in [5.41, 5.74) is 1.73. The van der Waals surface area contributed by atoms with E-state index in [0.29, 0.717) is 23.8 Å². The smallest absolute Gasteiger partial charge is 0.346 e. The van der Waals surface area contributed by atoms with Crippen molar-refractivity contribution in [1.29, 1.82) is 5.26 Å². The standard InChI is InChI=1S/C16H17N3O3/c1-3-4-8-22-15-13(9-12(10-17)16(20)21)19-7-5-6-11(2)14(19)18-15/h5-7,9H,3-4,8H2,1-2H3,(H,20,21)/b12-9+. The van der Waals surface area contributed by atoms with E-state index >= 15 is 0 Å². The number of carbonyl (C=O) groups is 1. The summed E-state index contributed by atoms with van der Waals surface area (Å²) < 4.78 is 7.40. The first-order chi connectivity index (χ1) is 10.6. The van der Waals surface area contributed by atoms with E-state index in [2.05, 4.69) is 11.9 Å².